The maximum atomic E-state index is 10.7. The van der Waals surface area contributed by atoms with Crippen LogP contribution in [0.3, 0.4) is 0 Å². The Kier molecular flexibility index (Phi) is 3.74. The Morgan fingerprint density at radius 3 is 2.00 bits per heavy atom. The van der Waals surface area contributed by atoms with Crippen molar-refractivity contribution in [3.8, 4) is 0 Å². The number of benzene rings is 1. The molecule has 0 unspecified atom stereocenters. The van der Waals surface area contributed by atoms with Gasteiger partial charge >= 0.3 is 17.3 Å². The van der Waals surface area contributed by atoms with Crippen LogP contribution in [0.4, 0.5) is 17.1 Å². The third kappa shape index (κ3) is 2.49. The Balaban J connectivity index is 3.59. The van der Waals surface area contributed by atoms with Crippen molar-refractivity contribution in [3.05, 3.63) is 37.9 Å². The van der Waals surface area contributed by atoms with Gasteiger partial charge in [-0.05, 0) is 0 Å². The molecule has 0 atom stereocenters. The number of carbonyl (C=O) groups is 1. The molecule has 1 rings (SSSR count). The van der Waals surface area contributed by atoms with E-state index in [0.29, 0.717) is 12.1 Å². The maximum absolute atomic E-state index is 10.7. The Morgan fingerprint density at radius 2 is 1.72 bits per heavy atom. The van der Waals surface area contributed by atoms with Crippen molar-refractivity contribution in [1.82, 2.24) is 0 Å². The van der Waals surface area contributed by atoms with Crippen molar-refractivity contribution in [2.24, 2.45) is 0 Å². The molecule has 0 aliphatic carbocycles. The Morgan fingerprint density at radius 1 is 1.28 bits per heavy atom. The van der Waals surface area contributed by atoms with Gasteiger partial charge in [0, 0.05) is 12.1 Å². The van der Waals surface area contributed by atoms with Crippen molar-refractivity contribution in [2.45, 2.75) is 0 Å². The smallest absolute Gasteiger partial charge is 0.336 e. The van der Waals surface area contributed by atoms with E-state index in [1.165, 1.54) is 0 Å². The highest BCUT2D eigenvalue weighted by atomic mass is 16.6. The minimum Gasteiger partial charge on any atom is -0.478 e. The van der Waals surface area contributed by atoms with Gasteiger partial charge < -0.3 is 5.11 Å². The molecule has 0 radical (unpaired) electrons. The molecule has 0 amide bonds. The summed E-state index contributed by atoms with van der Waals surface area (Å²) in [4.78, 5) is 34.7. The minimum atomic E-state index is -1.51. The lowest BCUT2D eigenvalue weighted by molar-refractivity contribution is -0.392. The summed E-state index contributed by atoms with van der Waals surface area (Å²) in [6, 6.07) is 1.41. The van der Waals surface area contributed by atoms with Crippen LogP contribution in [0.2, 0.25) is 0 Å². The summed E-state index contributed by atoms with van der Waals surface area (Å²) < 4.78 is 0. The van der Waals surface area contributed by atoms with Gasteiger partial charge in [0.1, 0.15) is 0 Å². The Bertz CT molecular complexity index is 492. The number of hydrogen-bond donors (Lipinski definition) is 2. The number of carboxylic acid groups (broad SMARTS) is 1. The van der Waals surface area contributed by atoms with Crippen LogP contribution in [-0.2, 0) is 4.84 Å². The zero-order valence-corrected chi connectivity index (χ0v) is 8.95. The fourth-order valence-electron chi connectivity index (χ4n) is 1.23. The quantitative estimate of drug-likeness (QED) is 0.590. The van der Waals surface area contributed by atoms with Crippen LogP contribution in [-0.4, -0.2) is 28.0 Å². The van der Waals surface area contributed by atoms with Gasteiger partial charge in [0.2, 0.25) is 5.69 Å². The molecular weight excluding hydrogens is 250 g/mol. The Labute approximate surface area is 99.0 Å². The molecule has 96 valence electrons. The summed E-state index contributed by atoms with van der Waals surface area (Å²) in [5.41, 5.74) is -0.600. The molecule has 0 spiro atoms. The third-order valence-corrected chi connectivity index (χ3v) is 1.94. The molecule has 1 aromatic carbocycles. The number of carboxylic acids is 1. The molecule has 1 aromatic rings. The number of nitrogens with one attached hydrogen (secondary N) is 1. The lowest BCUT2D eigenvalue weighted by Gasteiger charge is -2.06. The summed E-state index contributed by atoms with van der Waals surface area (Å²) in [7, 11) is 1.11. The SMILES string of the molecule is CONc1c([N+](=O)[O-])cc(C(=O)O)cc1[N+](=O)[O-]. The van der Waals surface area contributed by atoms with E-state index in [0.717, 1.165) is 7.11 Å². The summed E-state index contributed by atoms with van der Waals surface area (Å²) in [6.07, 6.45) is 0. The lowest BCUT2D eigenvalue weighted by Crippen LogP contribution is -2.07. The second-order valence-electron chi connectivity index (χ2n) is 3.02. The molecule has 18 heavy (non-hydrogen) atoms. The first kappa shape index (κ1) is 13.3. The number of nitro benzene ring substituents is 2. The summed E-state index contributed by atoms with van der Waals surface area (Å²) in [6.45, 7) is 0. The van der Waals surface area contributed by atoms with E-state index in [4.69, 9.17) is 5.11 Å². The van der Waals surface area contributed by atoms with E-state index in [9.17, 15) is 25.0 Å². The van der Waals surface area contributed by atoms with Gasteiger partial charge in [0.15, 0.2) is 0 Å². The highest BCUT2D eigenvalue weighted by Gasteiger charge is 2.28. The second kappa shape index (κ2) is 5.05. The number of anilines is 1. The van der Waals surface area contributed by atoms with E-state index in [2.05, 4.69) is 4.84 Å². The van der Waals surface area contributed by atoms with Crippen LogP contribution < -0.4 is 5.48 Å². The van der Waals surface area contributed by atoms with E-state index in [1.54, 1.807) is 0 Å². The van der Waals surface area contributed by atoms with E-state index in [-0.39, 0.29) is 0 Å². The maximum Gasteiger partial charge on any atom is 0.336 e. The van der Waals surface area contributed by atoms with E-state index >= 15 is 0 Å². The first-order valence-corrected chi connectivity index (χ1v) is 4.37. The largest absolute Gasteiger partial charge is 0.478 e. The standard InChI is InChI=1S/C8H7N3O7/c1-18-9-7-5(10(14)15)2-4(8(12)13)3-6(7)11(16)17/h2-3,9H,1H3,(H,12,13). The summed E-state index contributed by atoms with van der Waals surface area (Å²) >= 11 is 0. The van der Waals surface area contributed by atoms with Crippen LogP contribution in [0.1, 0.15) is 10.4 Å². The van der Waals surface area contributed by atoms with Gasteiger partial charge in [-0.15, -0.1) is 0 Å². The normalized spacial score (nSPS) is 9.83. The minimum absolute atomic E-state index is 0.516. The van der Waals surface area contributed by atoms with Gasteiger partial charge in [-0.2, -0.15) is 0 Å². The zero-order chi connectivity index (χ0) is 13.9. The molecule has 0 fully saturated rings. The van der Waals surface area contributed by atoms with Gasteiger partial charge in [-0.3, -0.25) is 30.5 Å². The first-order chi connectivity index (χ1) is 8.38. The van der Waals surface area contributed by atoms with Crippen molar-refractivity contribution >= 4 is 23.0 Å². The zero-order valence-electron chi connectivity index (χ0n) is 8.95. The predicted octanol–water partition coefficient (Wildman–Crippen LogP) is 1.17. The highest BCUT2D eigenvalue weighted by Crippen LogP contribution is 2.35. The average molecular weight is 257 g/mol. The topological polar surface area (TPSA) is 145 Å². The monoisotopic (exact) mass is 257 g/mol. The van der Waals surface area contributed by atoms with Gasteiger partial charge in [0.25, 0.3) is 0 Å². The van der Waals surface area contributed by atoms with Crippen molar-refractivity contribution in [1.29, 1.82) is 0 Å². The van der Waals surface area contributed by atoms with E-state index in [1.807, 2.05) is 5.48 Å². The molecular formula is C8H7N3O7. The number of nitro groups is 2. The molecule has 2 N–H and O–H groups in total. The molecule has 0 saturated carbocycles. The fraction of sp³-hybridized carbons (Fsp3) is 0.125. The molecule has 0 saturated heterocycles. The Hall–Kier alpha value is -2.75. The average Bonchev–Trinajstić information content (AvgIpc) is 2.28. The third-order valence-electron chi connectivity index (χ3n) is 1.94. The van der Waals surface area contributed by atoms with Crippen LogP contribution in [0.5, 0.6) is 0 Å². The lowest BCUT2D eigenvalue weighted by atomic mass is 10.1. The van der Waals surface area contributed by atoms with Crippen molar-refractivity contribution in [3.63, 3.8) is 0 Å². The highest BCUT2D eigenvalue weighted by molar-refractivity contribution is 5.92. The van der Waals surface area contributed by atoms with Crippen LogP contribution in [0.25, 0.3) is 0 Å². The number of rotatable bonds is 5. The number of aromatic carboxylic acids is 1. The number of hydrogen-bond acceptors (Lipinski definition) is 7. The van der Waals surface area contributed by atoms with Crippen LogP contribution in [0.15, 0.2) is 12.1 Å². The summed E-state index contributed by atoms with van der Waals surface area (Å²) in [5.74, 6) is -1.51. The molecule has 10 heteroatoms. The molecule has 0 heterocycles. The van der Waals surface area contributed by atoms with Gasteiger partial charge in [-0.25, -0.2) is 4.79 Å². The van der Waals surface area contributed by atoms with Crippen molar-refractivity contribution < 1.29 is 24.6 Å². The van der Waals surface area contributed by atoms with Gasteiger partial charge in [-0.1, -0.05) is 0 Å². The van der Waals surface area contributed by atoms with Crippen molar-refractivity contribution in [2.75, 3.05) is 12.6 Å². The first-order valence-electron chi connectivity index (χ1n) is 4.37. The fourth-order valence-corrected chi connectivity index (χ4v) is 1.23. The van der Waals surface area contributed by atoms with Crippen LogP contribution >= 0.6 is 0 Å². The molecule has 10 nitrogen and oxygen atoms in total. The van der Waals surface area contributed by atoms with E-state index < -0.39 is 38.4 Å². The molecule has 0 aliphatic heterocycles. The summed E-state index contributed by atoms with van der Waals surface area (Å²) in [5, 5.41) is 30.2. The molecule has 0 bridgehead atoms. The van der Waals surface area contributed by atoms with Gasteiger partial charge in [0.05, 0.1) is 22.5 Å². The second-order valence-corrected chi connectivity index (χ2v) is 3.02. The van der Waals surface area contributed by atoms with Crippen LogP contribution in [0, 0.1) is 20.2 Å². The number of nitrogens with zero attached hydrogens (tertiary/aromatic N) is 2. The molecule has 0 aromatic heterocycles. The predicted molar refractivity (Wildman–Crippen MR) is 57.3 cm³/mol. The molecule has 0 aliphatic rings.